The van der Waals surface area contributed by atoms with Crippen LogP contribution in [-0.2, 0) is 4.79 Å². The highest BCUT2D eigenvalue weighted by molar-refractivity contribution is 6.26. The lowest BCUT2D eigenvalue weighted by atomic mass is 10.8. The predicted octanol–water partition coefficient (Wildman–Crippen LogP) is -0.0801. The summed E-state index contributed by atoms with van der Waals surface area (Å²) in [5.74, 6) is -1.54. The lowest BCUT2D eigenvalue weighted by Gasteiger charge is -1.68. The summed E-state index contributed by atoms with van der Waals surface area (Å²) >= 11 is 4.80. The molecule has 0 aromatic rings. The molecule has 7 heavy (non-hydrogen) atoms. The van der Waals surface area contributed by atoms with Gasteiger partial charge in [0.05, 0.1) is 4.91 Å². The molecule has 0 rings (SSSR count). The largest absolute Gasteiger partial charge is 0.504 e. The van der Waals surface area contributed by atoms with Crippen LogP contribution >= 0.6 is 11.6 Å². The van der Waals surface area contributed by atoms with E-state index in [9.17, 15) is 9.70 Å². The fourth-order valence-electron chi connectivity index (χ4n) is 0.0511. The molecule has 0 unspecified atom stereocenters. The van der Waals surface area contributed by atoms with E-state index in [-0.39, 0.29) is 0 Å². The van der Waals surface area contributed by atoms with Crippen molar-refractivity contribution in [3.63, 3.8) is 0 Å². The lowest BCUT2D eigenvalue weighted by molar-refractivity contribution is -0.720. The molecule has 0 heterocycles. The Kier molecular flexibility index (Phi) is 2.29. The van der Waals surface area contributed by atoms with Crippen molar-refractivity contribution in [3.8, 4) is 0 Å². The first-order valence-corrected chi connectivity index (χ1v) is 1.97. The van der Waals surface area contributed by atoms with E-state index in [4.69, 9.17) is 16.8 Å². The maximum absolute atomic E-state index is 9.74. The summed E-state index contributed by atoms with van der Waals surface area (Å²) in [5.41, 5.74) is 0. The molecular weight excluding hydrogens is 121 g/mol. The van der Waals surface area contributed by atoms with Crippen molar-refractivity contribution in [1.82, 2.24) is 0 Å². The molecule has 0 radical (unpaired) electrons. The molecule has 0 saturated heterocycles. The molecule has 0 bridgehead atoms. The van der Waals surface area contributed by atoms with Crippen molar-refractivity contribution in [3.05, 3.63) is 4.91 Å². The van der Waals surface area contributed by atoms with Crippen LogP contribution < -0.4 is 0 Å². The number of hydrogen-bond acceptors (Lipinski definition) is 2. The van der Waals surface area contributed by atoms with Crippen LogP contribution in [0, 0.1) is 4.91 Å². The van der Waals surface area contributed by atoms with Gasteiger partial charge in [0.2, 0.25) is 0 Å². The monoisotopic (exact) mass is 124 g/mol. The van der Waals surface area contributed by atoms with Gasteiger partial charge in [-0.2, -0.15) is 0 Å². The zero-order valence-electron chi connectivity index (χ0n) is 3.30. The molecule has 0 aliphatic heterocycles. The van der Waals surface area contributed by atoms with Crippen molar-refractivity contribution in [1.29, 1.82) is 0 Å². The predicted molar refractivity (Wildman–Crippen MR) is 21.1 cm³/mol. The van der Waals surface area contributed by atoms with Crippen LogP contribution in [0.4, 0.5) is 0 Å². The number of halogens is 1. The summed E-state index contributed by atoms with van der Waals surface area (Å²) in [7, 11) is 0. The summed E-state index contributed by atoms with van der Waals surface area (Å²) in [6, 6.07) is 0. The number of hydrogen-bond donors (Lipinski definition) is 1. The van der Waals surface area contributed by atoms with Gasteiger partial charge in [0.1, 0.15) is 0 Å². The fraction of sp³-hybridized carbons (Fsp3) is 0.500. The Morgan fingerprint density at radius 1 is 1.86 bits per heavy atom. The number of carbonyl (C=O) groups excluding carboxylic acids is 1. The quantitative estimate of drug-likeness (QED) is 0.302. The molecule has 0 aliphatic rings. The van der Waals surface area contributed by atoms with Gasteiger partial charge in [-0.25, -0.2) is 10.0 Å². The summed E-state index contributed by atoms with van der Waals surface area (Å²) < 4.78 is 0. The van der Waals surface area contributed by atoms with Gasteiger partial charge in [0.25, 0.3) is 4.92 Å². The number of rotatable bonds is 1. The maximum atomic E-state index is 9.74. The van der Waals surface area contributed by atoms with Gasteiger partial charge in [-0.3, -0.25) is 0 Å². The van der Waals surface area contributed by atoms with E-state index in [1.807, 2.05) is 0 Å². The second-order valence-corrected chi connectivity index (χ2v) is 1.07. The Morgan fingerprint density at radius 2 is 2.29 bits per heavy atom. The van der Waals surface area contributed by atoms with Gasteiger partial charge >= 0.3 is 5.91 Å². The second kappa shape index (κ2) is 2.52. The fourth-order valence-corrected chi connectivity index (χ4v) is 0.153. The van der Waals surface area contributed by atoms with Crippen LogP contribution in [0.3, 0.4) is 0 Å². The van der Waals surface area contributed by atoms with Crippen LogP contribution in [0.1, 0.15) is 0 Å². The summed E-state index contributed by atoms with van der Waals surface area (Å²) in [6.07, 6.45) is 0. The maximum Gasteiger partial charge on any atom is 0.504 e. The highest BCUT2D eigenvalue weighted by Gasteiger charge is 2.17. The van der Waals surface area contributed by atoms with E-state index in [1.54, 1.807) is 0 Å². The Balaban J connectivity index is 3.58. The van der Waals surface area contributed by atoms with Gasteiger partial charge < -0.3 is 0 Å². The third kappa shape index (κ3) is 2.11. The molecule has 0 aromatic heterocycles. The lowest BCUT2D eigenvalue weighted by Crippen LogP contribution is -2.14. The van der Waals surface area contributed by atoms with E-state index in [0.29, 0.717) is 0 Å². The minimum absolute atomic E-state index is 0.486. The van der Waals surface area contributed by atoms with Gasteiger partial charge in [-0.1, -0.05) is 0 Å². The SMILES string of the molecule is O=C(CCl)[N+](=O)O. The average molecular weight is 125 g/mol. The Labute approximate surface area is 44.2 Å². The van der Waals surface area contributed by atoms with Crippen LogP contribution in [0.5, 0.6) is 0 Å². The van der Waals surface area contributed by atoms with Crippen molar-refractivity contribution >= 4 is 17.5 Å². The average Bonchev–Trinajstić information content (AvgIpc) is 1.65. The van der Waals surface area contributed by atoms with Gasteiger partial charge in [0, 0.05) is 0 Å². The number of nitrogens with zero attached hydrogens (tertiary/aromatic N) is 1. The number of alkyl halides is 1. The molecule has 0 aromatic carbocycles. The van der Waals surface area contributed by atoms with E-state index < -0.39 is 16.7 Å². The van der Waals surface area contributed by atoms with Crippen LogP contribution in [-0.4, -0.2) is 21.9 Å². The highest BCUT2D eigenvalue weighted by atomic mass is 35.5. The minimum atomic E-state index is -1.05. The number of carbonyl (C=O) groups is 1. The molecule has 5 heteroatoms. The van der Waals surface area contributed by atoms with E-state index >= 15 is 0 Å². The molecule has 4 nitrogen and oxygen atoms in total. The second-order valence-electron chi connectivity index (χ2n) is 0.800. The first-order chi connectivity index (χ1) is 3.18. The molecule has 1 amide bonds. The molecule has 1 N–H and O–H groups in total. The van der Waals surface area contributed by atoms with Crippen LogP contribution in [0.2, 0.25) is 0 Å². The molecular formula is C2H3ClNO3+. The Hall–Kier alpha value is -0.640. The first-order valence-electron chi connectivity index (χ1n) is 1.43. The first kappa shape index (κ1) is 6.36. The smallest absolute Gasteiger partial charge is 0.238 e. The van der Waals surface area contributed by atoms with Crippen molar-refractivity contribution in [2.75, 3.05) is 5.88 Å². The van der Waals surface area contributed by atoms with Gasteiger partial charge in [-0.15, -0.1) is 11.6 Å². The van der Waals surface area contributed by atoms with E-state index in [1.165, 1.54) is 0 Å². The van der Waals surface area contributed by atoms with Crippen molar-refractivity contribution in [2.24, 2.45) is 0 Å². The summed E-state index contributed by atoms with van der Waals surface area (Å²) in [6.45, 7) is 0. The van der Waals surface area contributed by atoms with Crippen molar-refractivity contribution < 1.29 is 14.9 Å². The molecule has 0 fully saturated rings. The zero-order chi connectivity index (χ0) is 5.86. The normalized spacial score (nSPS) is 8.14. The third-order valence-electron chi connectivity index (χ3n) is 0.328. The van der Waals surface area contributed by atoms with Crippen molar-refractivity contribution in [2.45, 2.75) is 0 Å². The third-order valence-corrected chi connectivity index (χ3v) is 0.556. The van der Waals surface area contributed by atoms with Crippen LogP contribution in [0.15, 0.2) is 0 Å². The number of amides is 1. The van der Waals surface area contributed by atoms with Crippen LogP contribution in [0.25, 0.3) is 0 Å². The molecule has 0 aliphatic carbocycles. The summed E-state index contributed by atoms with van der Waals surface area (Å²) in [4.78, 5) is 18.4. The Morgan fingerprint density at radius 3 is 2.29 bits per heavy atom. The minimum Gasteiger partial charge on any atom is -0.238 e. The topological polar surface area (TPSA) is 57.4 Å². The Bertz CT molecular complexity index is 101. The van der Waals surface area contributed by atoms with E-state index in [2.05, 4.69) is 0 Å². The van der Waals surface area contributed by atoms with Gasteiger partial charge in [0.15, 0.2) is 5.88 Å². The zero-order valence-corrected chi connectivity index (χ0v) is 4.05. The van der Waals surface area contributed by atoms with Gasteiger partial charge in [-0.05, 0) is 0 Å². The molecule has 0 saturated carbocycles. The molecule has 0 spiro atoms. The highest BCUT2D eigenvalue weighted by Crippen LogP contribution is 1.75. The standard InChI is InChI=1S/C2H3ClNO3/c3-1-2(5)4(6)7/h1H2,(H,6,7)/q+1. The molecule has 0 atom stereocenters. The summed E-state index contributed by atoms with van der Waals surface area (Å²) in [5, 5.41) is 7.66. The van der Waals surface area contributed by atoms with E-state index in [0.717, 1.165) is 0 Å². The molecule has 40 valence electrons.